The standard InChI is InChI=1S/C13H28O4S/c1-12(16-9-7-14-2)4-5-13(6-11-18)17-10-8-15-3/h12-13,18H,4-11H2,1-3H3. The zero-order chi connectivity index (χ0) is 13.6. The van der Waals surface area contributed by atoms with E-state index in [1.807, 2.05) is 0 Å². The van der Waals surface area contributed by atoms with Crippen LogP contribution in [0.2, 0.25) is 0 Å². The first-order valence-electron chi connectivity index (χ1n) is 6.56. The molecule has 0 aliphatic carbocycles. The van der Waals surface area contributed by atoms with Crippen LogP contribution >= 0.6 is 12.6 Å². The summed E-state index contributed by atoms with van der Waals surface area (Å²) in [5.74, 6) is 0.844. The highest BCUT2D eigenvalue weighted by Crippen LogP contribution is 2.11. The molecule has 0 rings (SSSR count). The third kappa shape index (κ3) is 11.3. The van der Waals surface area contributed by atoms with Crippen molar-refractivity contribution in [2.45, 2.75) is 38.4 Å². The van der Waals surface area contributed by atoms with Gasteiger partial charge in [-0.15, -0.1) is 0 Å². The SMILES string of the molecule is COCCOC(C)CCC(CCS)OCCOC. The first kappa shape index (κ1) is 18.2. The molecule has 4 nitrogen and oxygen atoms in total. The van der Waals surface area contributed by atoms with Gasteiger partial charge in [0.05, 0.1) is 38.6 Å². The zero-order valence-corrected chi connectivity index (χ0v) is 12.8. The van der Waals surface area contributed by atoms with E-state index in [1.165, 1.54) is 0 Å². The molecule has 2 atom stereocenters. The Morgan fingerprint density at radius 2 is 1.44 bits per heavy atom. The van der Waals surface area contributed by atoms with E-state index in [2.05, 4.69) is 19.6 Å². The van der Waals surface area contributed by atoms with Gasteiger partial charge in [0.25, 0.3) is 0 Å². The third-order valence-corrected chi connectivity index (χ3v) is 2.94. The lowest BCUT2D eigenvalue weighted by Gasteiger charge is -2.19. The molecule has 5 heteroatoms. The molecule has 0 heterocycles. The number of rotatable bonds is 13. The summed E-state index contributed by atoms with van der Waals surface area (Å²) in [7, 11) is 3.36. The van der Waals surface area contributed by atoms with Crippen molar-refractivity contribution < 1.29 is 18.9 Å². The van der Waals surface area contributed by atoms with E-state index >= 15 is 0 Å². The monoisotopic (exact) mass is 280 g/mol. The van der Waals surface area contributed by atoms with Crippen molar-refractivity contribution in [2.24, 2.45) is 0 Å². The maximum absolute atomic E-state index is 5.74. The molecule has 110 valence electrons. The molecule has 0 saturated heterocycles. The van der Waals surface area contributed by atoms with Crippen molar-refractivity contribution in [1.29, 1.82) is 0 Å². The van der Waals surface area contributed by atoms with Crippen molar-refractivity contribution in [3.63, 3.8) is 0 Å². The molecule has 0 aliphatic heterocycles. The van der Waals surface area contributed by atoms with E-state index in [0.29, 0.717) is 26.4 Å². The van der Waals surface area contributed by atoms with Crippen molar-refractivity contribution in [1.82, 2.24) is 0 Å². The lowest BCUT2D eigenvalue weighted by atomic mass is 10.1. The van der Waals surface area contributed by atoms with E-state index < -0.39 is 0 Å². The van der Waals surface area contributed by atoms with Crippen LogP contribution in [0, 0.1) is 0 Å². The van der Waals surface area contributed by atoms with Crippen LogP contribution in [-0.4, -0.2) is 58.6 Å². The minimum absolute atomic E-state index is 0.244. The first-order chi connectivity index (χ1) is 8.74. The van der Waals surface area contributed by atoms with Gasteiger partial charge in [0, 0.05) is 14.2 Å². The van der Waals surface area contributed by atoms with Crippen LogP contribution in [0.4, 0.5) is 0 Å². The molecule has 0 radical (unpaired) electrons. The highest BCUT2D eigenvalue weighted by atomic mass is 32.1. The Balaban J connectivity index is 3.65. The highest BCUT2D eigenvalue weighted by molar-refractivity contribution is 7.80. The van der Waals surface area contributed by atoms with Crippen molar-refractivity contribution >= 4 is 12.6 Å². The number of ether oxygens (including phenoxy) is 4. The van der Waals surface area contributed by atoms with Gasteiger partial charge in [-0.05, 0) is 31.9 Å². The second kappa shape index (κ2) is 13.6. The highest BCUT2D eigenvalue weighted by Gasteiger charge is 2.11. The van der Waals surface area contributed by atoms with Crippen molar-refractivity contribution in [2.75, 3.05) is 46.4 Å². The maximum atomic E-state index is 5.74. The Labute approximate surface area is 117 Å². The zero-order valence-electron chi connectivity index (χ0n) is 11.9. The molecule has 0 amide bonds. The van der Waals surface area contributed by atoms with Gasteiger partial charge >= 0.3 is 0 Å². The Bertz CT molecular complexity index is 169. The normalized spacial score (nSPS) is 14.7. The van der Waals surface area contributed by atoms with Crippen LogP contribution in [0.15, 0.2) is 0 Å². The number of hydrogen-bond donors (Lipinski definition) is 1. The summed E-state index contributed by atoms with van der Waals surface area (Å²) in [6, 6.07) is 0. The number of methoxy groups -OCH3 is 2. The number of hydrogen-bond acceptors (Lipinski definition) is 5. The molecule has 18 heavy (non-hydrogen) atoms. The van der Waals surface area contributed by atoms with Crippen LogP contribution in [0.5, 0.6) is 0 Å². The molecule has 0 spiro atoms. The molecule has 0 bridgehead atoms. The topological polar surface area (TPSA) is 36.9 Å². The van der Waals surface area contributed by atoms with E-state index in [4.69, 9.17) is 18.9 Å². The van der Waals surface area contributed by atoms with Gasteiger partial charge in [-0.2, -0.15) is 12.6 Å². The van der Waals surface area contributed by atoms with Crippen LogP contribution in [-0.2, 0) is 18.9 Å². The van der Waals surface area contributed by atoms with Gasteiger partial charge in [0.1, 0.15) is 0 Å². The Morgan fingerprint density at radius 3 is 2.00 bits per heavy atom. The summed E-state index contributed by atoms with van der Waals surface area (Å²) in [4.78, 5) is 0. The van der Waals surface area contributed by atoms with E-state index in [1.54, 1.807) is 14.2 Å². The van der Waals surface area contributed by atoms with Gasteiger partial charge in [-0.3, -0.25) is 0 Å². The minimum Gasteiger partial charge on any atom is -0.382 e. The Kier molecular flexibility index (Phi) is 13.8. The fourth-order valence-corrected chi connectivity index (χ4v) is 1.88. The van der Waals surface area contributed by atoms with Crippen molar-refractivity contribution in [3.05, 3.63) is 0 Å². The smallest absolute Gasteiger partial charge is 0.0704 e. The minimum atomic E-state index is 0.244. The Morgan fingerprint density at radius 1 is 0.833 bits per heavy atom. The predicted molar refractivity (Wildman–Crippen MR) is 76.6 cm³/mol. The summed E-state index contributed by atoms with van der Waals surface area (Å²) in [5, 5.41) is 0. The fraction of sp³-hybridized carbons (Fsp3) is 1.00. The van der Waals surface area contributed by atoms with Gasteiger partial charge in [-0.25, -0.2) is 0 Å². The summed E-state index contributed by atoms with van der Waals surface area (Å²) in [6.45, 7) is 4.67. The molecular formula is C13H28O4S. The van der Waals surface area contributed by atoms with E-state index in [9.17, 15) is 0 Å². The molecule has 0 aromatic carbocycles. The Hall–Kier alpha value is 0.190. The van der Waals surface area contributed by atoms with Crippen molar-refractivity contribution in [3.8, 4) is 0 Å². The van der Waals surface area contributed by atoms with Gasteiger partial charge in [0.15, 0.2) is 0 Å². The first-order valence-corrected chi connectivity index (χ1v) is 7.19. The van der Waals surface area contributed by atoms with Gasteiger partial charge in [-0.1, -0.05) is 0 Å². The largest absolute Gasteiger partial charge is 0.382 e. The second-order valence-electron chi connectivity index (χ2n) is 4.25. The summed E-state index contributed by atoms with van der Waals surface area (Å²) >= 11 is 4.26. The van der Waals surface area contributed by atoms with Crippen LogP contribution in [0.25, 0.3) is 0 Å². The lowest BCUT2D eigenvalue weighted by molar-refractivity contribution is -0.00997. The molecule has 0 fully saturated rings. The average molecular weight is 280 g/mol. The quantitative estimate of drug-likeness (QED) is 0.414. The van der Waals surface area contributed by atoms with E-state index in [-0.39, 0.29) is 12.2 Å². The molecule has 0 aromatic rings. The lowest BCUT2D eigenvalue weighted by Crippen LogP contribution is -2.20. The molecule has 0 aromatic heterocycles. The second-order valence-corrected chi connectivity index (χ2v) is 4.70. The maximum Gasteiger partial charge on any atom is 0.0704 e. The van der Waals surface area contributed by atoms with Gasteiger partial charge < -0.3 is 18.9 Å². The average Bonchev–Trinajstić information content (AvgIpc) is 2.36. The fourth-order valence-electron chi connectivity index (χ4n) is 1.59. The van der Waals surface area contributed by atoms with Gasteiger partial charge in [0.2, 0.25) is 0 Å². The molecule has 0 aliphatic rings. The van der Waals surface area contributed by atoms with Crippen LogP contribution in [0.1, 0.15) is 26.2 Å². The molecule has 0 saturated carbocycles. The number of thiol groups is 1. The predicted octanol–water partition coefficient (Wildman–Crippen LogP) is 2.17. The molecule has 2 unspecified atom stereocenters. The van der Waals surface area contributed by atoms with Crippen LogP contribution in [0.3, 0.4) is 0 Å². The van der Waals surface area contributed by atoms with Crippen LogP contribution < -0.4 is 0 Å². The molecule has 0 N–H and O–H groups in total. The third-order valence-electron chi connectivity index (χ3n) is 2.68. The summed E-state index contributed by atoms with van der Waals surface area (Å²) < 4.78 is 21.3. The molecular weight excluding hydrogens is 252 g/mol. The summed E-state index contributed by atoms with van der Waals surface area (Å²) in [5.41, 5.74) is 0. The summed E-state index contributed by atoms with van der Waals surface area (Å²) in [6.07, 6.45) is 3.46. The van der Waals surface area contributed by atoms with E-state index in [0.717, 1.165) is 25.0 Å².